The van der Waals surface area contributed by atoms with E-state index in [1.807, 2.05) is 43.3 Å². The largest absolute Gasteiger partial charge is 0.366 e. The summed E-state index contributed by atoms with van der Waals surface area (Å²) in [4.78, 5) is 20.1. The molecule has 3 N–H and O–H groups in total. The van der Waals surface area contributed by atoms with Crippen molar-refractivity contribution in [3.05, 3.63) is 71.9 Å². The monoisotopic (exact) mass is 304 g/mol. The predicted molar refractivity (Wildman–Crippen MR) is 90.4 cm³/mol. The second kappa shape index (κ2) is 6.27. The van der Waals surface area contributed by atoms with Crippen molar-refractivity contribution in [1.82, 2.24) is 9.97 Å². The number of nitrogens with zero attached hydrogens (tertiary/aromatic N) is 2. The average Bonchev–Trinajstić information content (AvgIpc) is 2.55. The van der Waals surface area contributed by atoms with Gasteiger partial charge in [-0.25, -0.2) is 9.97 Å². The highest BCUT2D eigenvalue weighted by Crippen LogP contribution is 2.21. The number of pyridine rings is 2. The summed E-state index contributed by atoms with van der Waals surface area (Å²) in [6.07, 6.45) is 1.75. The molecule has 0 aliphatic carbocycles. The summed E-state index contributed by atoms with van der Waals surface area (Å²) in [6, 6.07) is 16.6. The zero-order chi connectivity index (χ0) is 16.2. The number of nitrogens with one attached hydrogen (secondary N) is 1. The molecule has 114 valence electrons. The third-order valence-corrected chi connectivity index (χ3v) is 3.36. The molecule has 0 unspecified atom stereocenters. The third-order valence-electron chi connectivity index (χ3n) is 3.36. The Morgan fingerprint density at radius 2 is 1.87 bits per heavy atom. The Bertz CT molecular complexity index is 861. The van der Waals surface area contributed by atoms with Crippen LogP contribution in [0.4, 0.5) is 11.6 Å². The number of aryl methyl sites for hydroxylation is 1. The number of rotatable bonds is 4. The molecule has 3 rings (SSSR count). The normalized spacial score (nSPS) is 10.3. The van der Waals surface area contributed by atoms with Gasteiger partial charge in [0.2, 0.25) is 5.91 Å². The molecule has 1 amide bonds. The Morgan fingerprint density at radius 1 is 1.04 bits per heavy atom. The fourth-order valence-electron chi connectivity index (χ4n) is 2.23. The molecule has 0 atom stereocenters. The Balaban J connectivity index is 1.91. The Hall–Kier alpha value is -3.21. The van der Waals surface area contributed by atoms with Gasteiger partial charge < -0.3 is 11.1 Å². The van der Waals surface area contributed by atoms with Gasteiger partial charge in [-0.15, -0.1) is 0 Å². The lowest BCUT2D eigenvalue weighted by molar-refractivity contribution is 0.100. The number of hydrogen-bond donors (Lipinski definition) is 2. The number of nitrogens with two attached hydrogens (primary N) is 1. The highest BCUT2D eigenvalue weighted by Gasteiger charge is 2.05. The highest BCUT2D eigenvalue weighted by atomic mass is 16.1. The number of carbonyl (C=O) groups excluding carboxylic acids is 1. The first-order chi connectivity index (χ1) is 11.1. The molecule has 2 aromatic heterocycles. The number of aromatic nitrogens is 2. The van der Waals surface area contributed by atoms with E-state index in [2.05, 4.69) is 15.3 Å². The van der Waals surface area contributed by atoms with E-state index in [1.165, 1.54) is 0 Å². The van der Waals surface area contributed by atoms with Gasteiger partial charge in [0, 0.05) is 17.3 Å². The van der Waals surface area contributed by atoms with Gasteiger partial charge in [-0.05, 0) is 48.9 Å². The molecule has 1 aromatic carbocycles. The zero-order valence-electron chi connectivity index (χ0n) is 12.7. The highest BCUT2D eigenvalue weighted by molar-refractivity contribution is 5.94. The van der Waals surface area contributed by atoms with Crippen LogP contribution in [0.25, 0.3) is 11.3 Å². The van der Waals surface area contributed by atoms with Crippen LogP contribution in [0.3, 0.4) is 0 Å². The molecule has 0 aliphatic rings. The first-order valence-corrected chi connectivity index (χ1v) is 7.19. The molecule has 0 spiro atoms. The summed E-state index contributed by atoms with van der Waals surface area (Å²) in [5.74, 6) is 0.968. The first-order valence-electron chi connectivity index (χ1n) is 7.19. The molecule has 0 saturated heterocycles. The Morgan fingerprint density at radius 3 is 2.65 bits per heavy atom. The summed E-state index contributed by atoms with van der Waals surface area (Å²) in [5.41, 5.74) is 8.50. The van der Waals surface area contributed by atoms with Gasteiger partial charge in [0.25, 0.3) is 0 Å². The maximum Gasteiger partial charge on any atom is 0.248 e. The van der Waals surface area contributed by atoms with Crippen molar-refractivity contribution in [3.8, 4) is 11.3 Å². The lowest BCUT2D eigenvalue weighted by Crippen LogP contribution is -2.10. The van der Waals surface area contributed by atoms with Crippen molar-refractivity contribution in [3.63, 3.8) is 0 Å². The van der Waals surface area contributed by atoms with Gasteiger partial charge in [-0.1, -0.05) is 18.2 Å². The van der Waals surface area contributed by atoms with E-state index in [9.17, 15) is 4.79 Å². The number of carbonyl (C=O) groups is 1. The van der Waals surface area contributed by atoms with Crippen LogP contribution in [-0.4, -0.2) is 15.9 Å². The lowest BCUT2D eigenvalue weighted by atomic mass is 10.1. The molecule has 5 nitrogen and oxygen atoms in total. The van der Waals surface area contributed by atoms with Crippen LogP contribution in [0.2, 0.25) is 0 Å². The van der Waals surface area contributed by atoms with Crippen LogP contribution in [0.5, 0.6) is 0 Å². The Kier molecular flexibility index (Phi) is 4.01. The lowest BCUT2D eigenvalue weighted by Gasteiger charge is -2.08. The first kappa shape index (κ1) is 14.7. The summed E-state index contributed by atoms with van der Waals surface area (Å²) < 4.78 is 0. The quantitative estimate of drug-likeness (QED) is 0.775. The van der Waals surface area contributed by atoms with Gasteiger partial charge in [-0.2, -0.15) is 0 Å². The SMILES string of the molecule is Cc1ccnc(Nc2cccc(-c3cccc(C(N)=O)c3)n2)c1. The van der Waals surface area contributed by atoms with Crippen molar-refractivity contribution in [1.29, 1.82) is 0 Å². The second-order valence-electron chi connectivity index (χ2n) is 5.20. The van der Waals surface area contributed by atoms with E-state index in [0.717, 1.165) is 22.6 Å². The summed E-state index contributed by atoms with van der Waals surface area (Å²) in [6.45, 7) is 2.01. The van der Waals surface area contributed by atoms with Gasteiger partial charge >= 0.3 is 0 Å². The number of primary amides is 1. The van der Waals surface area contributed by atoms with Crippen molar-refractivity contribution in [2.45, 2.75) is 6.92 Å². The van der Waals surface area contributed by atoms with Crippen LogP contribution >= 0.6 is 0 Å². The van der Waals surface area contributed by atoms with Crippen molar-refractivity contribution >= 4 is 17.5 Å². The maximum absolute atomic E-state index is 11.3. The van der Waals surface area contributed by atoms with E-state index in [1.54, 1.807) is 24.4 Å². The van der Waals surface area contributed by atoms with Crippen molar-refractivity contribution < 1.29 is 4.79 Å². The van der Waals surface area contributed by atoms with Crippen LogP contribution < -0.4 is 11.1 Å². The molecular formula is C18H16N4O. The number of hydrogen-bond acceptors (Lipinski definition) is 4. The molecular weight excluding hydrogens is 288 g/mol. The molecule has 0 radical (unpaired) electrons. The van der Waals surface area contributed by atoms with Crippen LogP contribution in [0.1, 0.15) is 15.9 Å². The van der Waals surface area contributed by atoms with Crippen molar-refractivity contribution in [2.75, 3.05) is 5.32 Å². The third kappa shape index (κ3) is 3.52. The topological polar surface area (TPSA) is 80.9 Å². The van der Waals surface area contributed by atoms with E-state index in [4.69, 9.17) is 5.73 Å². The molecule has 5 heteroatoms. The second-order valence-corrected chi connectivity index (χ2v) is 5.20. The standard InChI is InChI=1S/C18H16N4O/c1-12-8-9-20-17(10-12)22-16-7-3-6-15(21-16)13-4-2-5-14(11-13)18(19)23/h2-11H,1H3,(H2,19,23)(H,20,21,22). The summed E-state index contributed by atoms with van der Waals surface area (Å²) in [5, 5.41) is 3.18. The minimum Gasteiger partial charge on any atom is -0.366 e. The van der Waals surface area contributed by atoms with Gasteiger partial charge in [0.1, 0.15) is 11.6 Å². The smallest absolute Gasteiger partial charge is 0.248 e. The van der Waals surface area contributed by atoms with E-state index in [-0.39, 0.29) is 0 Å². The zero-order valence-corrected chi connectivity index (χ0v) is 12.7. The minimum absolute atomic E-state index is 0.454. The average molecular weight is 304 g/mol. The molecule has 3 aromatic rings. The molecule has 0 saturated carbocycles. The fourth-order valence-corrected chi connectivity index (χ4v) is 2.23. The molecule has 0 fully saturated rings. The van der Waals surface area contributed by atoms with Crippen molar-refractivity contribution in [2.24, 2.45) is 5.73 Å². The summed E-state index contributed by atoms with van der Waals surface area (Å²) in [7, 11) is 0. The maximum atomic E-state index is 11.3. The van der Waals surface area contributed by atoms with E-state index in [0.29, 0.717) is 11.4 Å². The molecule has 2 heterocycles. The van der Waals surface area contributed by atoms with Gasteiger partial charge in [-0.3, -0.25) is 4.79 Å². The Labute approximate surface area is 134 Å². The van der Waals surface area contributed by atoms with Gasteiger partial charge in [0.15, 0.2) is 0 Å². The predicted octanol–water partition coefficient (Wildman–Crippen LogP) is 3.29. The van der Waals surface area contributed by atoms with Crippen LogP contribution in [0, 0.1) is 6.92 Å². The fraction of sp³-hybridized carbons (Fsp3) is 0.0556. The number of benzene rings is 1. The number of anilines is 2. The van der Waals surface area contributed by atoms with E-state index >= 15 is 0 Å². The molecule has 23 heavy (non-hydrogen) atoms. The molecule has 0 aliphatic heterocycles. The summed E-state index contributed by atoms with van der Waals surface area (Å²) >= 11 is 0. The molecule has 0 bridgehead atoms. The van der Waals surface area contributed by atoms with Crippen LogP contribution in [-0.2, 0) is 0 Å². The minimum atomic E-state index is -0.454. The van der Waals surface area contributed by atoms with E-state index < -0.39 is 5.91 Å². The van der Waals surface area contributed by atoms with Crippen LogP contribution in [0.15, 0.2) is 60.8 Å². The van der Waals surface area contributed by atoms with Gasteiger partial charge in [0.05, 0.1) is 5.69 Å². The number of amides is 1.